The number of nitrogens with one attached hydrogen (secondary N) is 1. The number of aromatic carboxylic acids is 1. The van der Waals surface area contributed by atoms with Crippen LogP contribution in [-0.4, -0.2) is 57.9 Å². The number of carboxylic acid groups (broad SMARTS) is 1. The molecule has 1 fully saturated rings. The second kappa shape index (κ2) is 4.87. The van der Waals surface area contributed by atoms with E-state index < -0.39 is 16.2 Å². The van der Waals surface area contributed by atoms with Crippen molar-refractivity contribution >= 4 is 16.2 Å². The van der Waals surface area contributed by atoms with Gasteiger partial charge >= 0.3 is 5.97 Å². The van der Waals surface area contributed by atoms with Gasteiger partial charge in [-0.25, -0.2) is 9.48 Å². The summed E-state index contributed by atoms with van der Waals surface area (Å²) in [5, 5.41) is 15.9. The number of rotatable bonds is 5. The van der Waals surface area contributed by atoms with Crippen LogP contribution in [-0.2, 0) is 10.2 Å². The van der Waals surface area contributed by atoms with Crippen molar-refractivity contribution in [1.82, 2.24) is 24.0 Å². The van der Waals surface area contributed by atoms with Crippen molar-refractivity contribution in [2.24, 2.45) is 0 Å². The maximum Gasteiger partial charge on any atom is 0.358 e. The van der Waals surface area contributed by atoms with Crippen LogP contribution in [0.4, 0.5) is 0 Å². The van der Waals surface area contributed by atoms with Gasteiger partial charge in [0.25, 0.3) is 10.2 Å². The summed E-state index contributed by atoms with van der Waals surface area (Å²) in [7, 11) is -3.47. The molecule has 0 spiro atoms. The minimum Gasteiger partial charge on any atom is -0.476 e. The first kappa shape index (κ1) is 13.9. The van der Waals surface area contributed by atoms with E-state index in [-0.39, 0.29) is 30.9 Å². The fraction of sp³-hybridized carbons (Fsp3) is 0.667. The molecule has 19 heavy (non-hydrogen) atoms. The Bertz CT molecular complexity index is 575. The molecule has 10 heteroatoms. The molecule has 1 aromatic heterocycles. The lowest BCUT2D eigenvalue weighted by molar-refractivity contribution is 0.0690. The second-order valence-electron chi connectivity index (χ2n) is 4.64. The van der Waals surface area contributed by atoms with Crippen LogP contribution in [0.1, 0.15) is 30.4 Å². The summed E-state index contributed by atoms with van der Waals surface area (Å²) in [6.45, 7) is 3.99. The SMILES string of the molecule is CC(C)NS(=O)(=O)N1CC(n2cc(C(=O)O)nn2)C1. The summed E-state index contributed by atoms with van der Waals surface area (Å²) < 4.78 is 28.7. The molecule has 0 unspecified atom stereocenters. The van der Waals surface area contributed by atoms with Crippen LogP contribution in [0.3, 0.4) is 0 Å². The summed E-state index contributed by atoms with van der Waals surface area (Å²) in [5.74, 6) is -1.16. The van der Waals surface area contributed by atoms with Gasteiger partial charge in [0, 0.05) is 19.1 Å². The highest BCUT2D eigenvalue weighted by Gasteiger charge is 2.37. The Morgan fingerprint density at radius 2 is 2.16 bits per heavy atom. The van der Waals surface area contributed by atoms with Gasteiger partial charge in [0.2, 0.25) is 0 Å². The summed E-state index contributed by atoms with van der Waals surface area (Å²) >= 11 is 0. The Labute approximate surface area is 110 Å². The zero-order valence-electron chi connectivity index (χ0n) is 10.5. The van der Waals surface area contributed by atoms with Gasteiger partial charge in [0.15, 0.2) is 5.69 Å². The number of hydrogen-bond acceptors (Lipinski definition) is 5. The molecule has 0 atom stereocenters. The molecule has 0 bridgehead atoms. The molecule has 1 aliphatic rings. The van der Waals surface area contributed by atoms with Crippen LogP contribution in [0.5, 0.6) is 0 Å². The molecule has 0 radical (unpaired) electrons. The standard InChI is InChI=1S/C9H15N5O4S/c1-6(2)11-19(17,18)13-3-7(4-13)14-5-8(9(15)16)10-12-14/h5-7,11H,3-4H2,1-2H3,(H,15,16). The molecule has 2 heterocycles. The Balaban J connectivity index is 1.97. The smallest absolute Gasteiger partial charge is 0.358 e. The second-order valence-corrected chi connectivity index (χ2v) is 6.34. The minimum absolute atomic E-state index is 0.151. The summed E-state index contributed by atoms with van der Waals surface area (Å²) in [6.07, 6.45) is 1.30. The van der Waals surface area contributed by atoms with E-state index in [1.54, 1.807) is 13.8 Å². The normalized spacial score (nSPS) is 17.6. The van der Waals surface area contributed by atoms with E-state index in [0.717, 1.165) is 0 Å². The van der Waals surface area contributed by atoms with E-state index in [4.69, 9.17) is 5.11 Å². The first-order valence-corrected chi connectivity index (χ1v) is 7.16. The van der Waals surface area contributed by atoms with Gasteiger partial charge in [-0.2, -0.15) is 17.4 Å². The van der Waals surface area contributed by atoms with E-state index in [1.807, 2.05) is 0 Å². The number of hydrogen-bond donors (Lipinski definition) is 2. The third-order valence-electron chi connectivity index (χ3n) is 2.66. The predicted molar refractivity (Wildman–Crippen MR) is 64.8 cm³/mol. The number of carbonyl (C=O) groups is 1. The third kappa shape index (κ3) is 2.91. The third-order valence-corrected chi connectivity index (χ3v) is 4.40. The molecule has 0 aromatic carbocycles. The molecule has 1 saturated heterocycles. The lowest BCUT2D eigenvalue weighted by Gasteiger charge is -2.37. The van der Waals surface area contributed by atoms with Crippen LogP contribution in [0.25, 0.3) is 0 Å². The van der Waals surface area contributed by atoms with Crippen LogP contribution in [0.2, 0.25) is 0 Å². The van der Waals surface area contributed by atoms with Gasteiger partial charge in [-0.15, -0.1) is 5.10 Å². The maximum atomic E-state index is 11.8. The molecule has 106 valence electrons. The average Bonchev–Trinajstić information content (AvgIpc) is 2.61. The van der Waals surface area contributed by atoms with Crippen LogP contribution >= 0.6 is 0 Å². The molecule has 2 N–H and O–H groups in total. The van der Waals surface area contributed by atoms with Crippen molar-refractivity contribution < 1.29 is 18.3 Å². The average molecular weight is 289 g/mol. The minimum atomic E-state index is -3.47. The fourth-order valence-electron chi connectivity index (χ4n) is 1.71. The van der Waals surface area contributed by atoms with E-state index in [2.05, 4.69) is 15.0 Å². The molecule has 1 aliphatic heterocycles. The van der Waals surface area contributed by atoms with Crippen LogP contribution in [0.15, 0.2) is 6.20 Å². The molecular formula is C9H15N5O4S. The van der Waals surface area contributed by atoms with Crippen molar-refractivity contribution in [1.29, 1.82) is 0 Å². The maximum absolute atomic E-state index is 11.8. The number of carboxylic acids is 1. The summed E-state index contributed by atoms with van der Waals surface area (Å²) in [5.41, 5.74) is -0.151. The number of aromatic nitrogens is 3. The predicted octanol–water partition coefficient (Wildman–Crippen LogP) is -0.924. The highest BCUT2D eigenvalue weighted by molar-refractivity contribution is 7.87. The summed E-state index contributed by atoms with van der Waals surface area (Å²) in [4.78, 5) is 10.7. The zero-order valence-corrected chi connectivity index (χ0v) is 11.3. The highest BCUT2D eigenvalue weighted by atomic mass is 32.2. The van der Waals surface area contributed by atoms with Crippen molar-refractivity contribution in [3.05, 3.63) is 11.9 Å². The largest absolute Gasteiger partial charge is 0.476 e. The van der Waals surface area contributed by atoms with Crippen LogP contribution in [0, 0.1) is 0 Å². The summed E-state index contributed by atoms with van der Waals surface area (Å²) in [6, 6.07) is -0.349. The molecule has 0 amide bonds. The fourth-order valence-corrected chi connectivity index (χ4v) is 3.19. The lowest BCUT2D eigenvalue weighted by Crippen LogP contribution is -2.55. The zero-order chi connectivity index (χ0) is 14.2. The van der Waals surface area contributed by atoms with Crippen molar-refractivity contribution in [3.8, 4) is 0 Å². The first-order valence-electron chi connectivity index (χ1n) is 5.72. The van der Waals surface area contributed by atoms with Gasteiger partial charge in [-0.05, 0) is 13.8 Å². The van der Waals surface area contributed by atoms with Crippen molar-refractivity contribution in [3.63, 3.8) is 0 Å². The first-order chi connectivity index (χ1) is 8.79. The van der Waals surface area contributed by atoms with E-state index in [1.165, 1.54) is 15.2 Å². The Hall–Kier alpha value is -1.52. The molecule has 1 aromatic rings. The van der Waals surface area contributed by atoms with Gasteiger partial charge in [0.05, 0.1) is 12.2 Å². The van der Waals surface area contributed by atoms with Crippen molar-refractivity contribution in [2.75, 3.05) is 13.1 Å². The molecule has 0 aliphatic carbocycles. The van der Waals surface area contributed by atoms with Gasteiger partial charge in [0.1, 0.15) is 0 Å². The lowest BCUT2D eigenvalue weighted by atomic mass is 10.2. The monoisotopic (exact) mass is 289 g/mol. The highest BCUT2D eigenvalue weighted by Crippen LogP contribution is 2.22. The van der Waals surface area contributed by atoms with Crippen molar-refractivity contribution in [2.45, 2.75) is 25.9 Å². The Morgan fingerprint density at radius 1 is 1.53 bits per heavy atom. The van der Waals surface area contributed by atoms with Gasteiger partial charge < -0.3 is 5.11 Å². The van der Waals surface area contributed by atoms with E-state index in [0.29, 0.717) is 0 Å². The van der Waals surface area contributed by atoms with Gasteiger partial charge in [-0.1, -0.05) is 5.21 Å². The molecule has 2 rings (SSSR count). The number of nitrogens with zero attached hydrogens (tertiary/aromatic N) is 4. The van der Waals surface area contributed by atoms with E-state index >= 15 is 0 Å². The molecular weight excluding hydrogens is 274 g/mol. The topological polar surface area (TPSA) is 117 Å². The molecule has 9 nitrogen and oxygen atoms in total. The molecule has 0 saturated carbocycles. The Morgan fingerprint density at radius 3 is 2.63 bits per heavy atom. The van der Waals surface area contributed by atoms with Crippen LogP contribution < -0.4 is 4.72 Å². The Kier molecular flexibility index (Phi) is 3.56. The van der Waals surface area contributed by atoms with Gasteiger partial charge in [-0.3, -0.25) is 0 Å². The quantitative estimate of drug-likeness (QED) is 0.723. The van der Waals surface area contributed by atoms with E-state index in [9.17, 15) is 13.2 Å².